The molecule has 0 amide bonds. The lowest BCUT2D eigenvalue weighted by Crippen LogP contribution is -2.57. The summed E-state index contributed by atoms with van der Waals surface area (Å²) in [6.07, 6.45) is -5.35. The molecule has 2 heterocycles. The molecule has 5 atom stereocenters. The van der Waals surface area contributed by atoms with Crippen LogP contribution in [0.4, 0.5) is 0 Å². The number of aliphatic hydroxyl groups is 1. The van der Waals surface area contributed by atoms with Gasteiger partial charge in [0, 0.05) is 17.7 Å². The van der Waals surface area contributed by atoms with E-state index in [0.29, 0.717) is 5.56 Å². The third kappa shape index (κ3) is 7.73. The quantitative estimate of drug-likeness (QED) is 0.124. The molecule has 1 aliphatic heterocycles. The monoisotopic (exact) mass is 686 g/mol. The standard InChI is InChI=1S/C42H38O9/c43-31-21-32(44)37(40-36(31)33(45)22-34(50-40)30-19-11-4-12-20-30)41-38(46)42(49-25-29-17-9-3-10-18-29)39(48-24-28-15-7-2-8-16-28)35(51-41)26-47-23-27-13-5-1-6-14-27/h1-22,35,38-39,41-44,46H,23-26H2/t35-,38+,39-,41+,42-/m1/s1. The van der Waals surface area contributed by atoms with Gasteiger partial charge in [-0.15, -0.1) is 0 Å². The van der Waals surface area contributed by atoms with Gasteiger partial charge in [0.15, 0.2) is 11.0 Å². The number of fused-ring (bicyclic) bond motifs is 1. The van der Waals surface area contributed by atoms with Gasteiger partial charge in [-0.05, 0) is 16.7 Å². The number of ether oxygens (including phenoxy) is 4. The minimum absolute atomic E-state index is 0.00643. The van der Waals surface area contributed by atoms with E-state index in [1.54, 1.807) is 24.3 Å². The van der Waals surface area contributed by atoms with Crippen molar-refractivity contribution in [2.75, 3.05) is 6.61 Å². The molecule has 1 fully saturated rings. The van der Waals surface area contributed by atoms with Crippen molar-refractivity contribution in [3.8, 4) is 22.8 Å². The minimum atomic E-state index is -1.43. The summed E-state index contributed by atoms with van der Waals surface area (Å²) in [5.41, 5.74) is 2.72. The van der Waals surface area contributed by atoms with Gasteiger partial charge >= 0.3 is 0 Å². The smallest absolute Gasteiger partial charge is 0.197 e. The van der Waals surface area contributed by atoms with Crippen LogP contribution in [-0.2, 0) is 38.8 Å². The van der Waals surface area contributed by atoms with E-state index in [1.807, 2.05) is 97.1 Å². The normalized spacial score (nSPS) is 20.4. The van der Waals surface area contributed by atoms with Crippen molar-refractivity contribution in [1.29, 1.82) is 0 Å². The Bertz CT molecular complexity index is 2090. The fourth-order valence-corrected chi connectivity index (χ4v) is 6.43. The zero-order valence-corrected chi connectivity index (χ0v) is 27.7. The van der Waals surface area contributed by atoms with Crippen LogP contribution in [0.15, 0.2) is 143 Å². The van der Waals surface area contributed by atoms with E-state index in [2.05, 4.69) is 0 Å². The second-order valence-electron chi connectivity index (χ2n) is 12.5. The predicted octanol–water partition coefficient (Wildman–Crippen LogP) is 7.06. The van der Waals surface area contributed by atoms with E-state index in [0.717, 1.165) is 22.8 Å². The van der Waals surface area contributed by atoms with E-state index in [4.69, 9.17) is 23.4 Å². The summed E-state index contributed by atoms with van der Waals surface area (Å²) in [6.45, 7) is 0.680. The molecule has 0 spiro atoms. The van der Waals surface area contributed by atoms with Crippen molar-refractivity contribution < 1.29 is 38.7 Å². The van der Waals surface area contributed by atoms with Crippen LogP contribution in [0, 0.1) is 0 Å². The average molecular weight is 687 g/mol. The summed E-state index contributed by atoms with van der Waals surface area (Å²) >= 11 is 0. The number of hydrogen-bond acceptors (Lipinski definition) is 9. The molecule has 9 nitrogen and oxygen atoms in total. The Balaban J connectivity index is 1.30. The van der Waals surface area contributed by atoms with Crippen LogP contribution in [0.3, 0.4) is 0 Å². The van der Waals surface area contributed by atoms with E-state index < -0.39 is 47.4 Å². The van der Waals surface area contributed by atoms with Crippen LogP contribution in [0.25, 0.3) is 22.3 Å². The molecule has 5 aromatic carbocycles. The third-order valence-electron chi connectivity index (χ3n) is 8.96. The van der Waals surface area contributed by atoms with Crippen molar-refractivity contribution in [2.45, 2.75) is 50.3 Å². The van der Waals surface area contributed by atoms with Crippen LogP contribution in [0.5, 0.6) is 11.5 Å². The second-order valence-corrected chi connectivity index (χ2v) is 12.5. The Morgan fingerprint density at radius 1 is 0.627 bits per heavy atom. The molecular weight excluding hydrogens is 648 g/mol. The molecule has 3 N–H and O–H groups in total. The lowest BCUT2D eigenvalue weighted by Gasteiger charge is -2.44. The maximum absolute atomic E-state index is 13.5. The molecule has 0 unspecified atom stereocenters. The molecule has 7 rings (SSSR count). The molecule has 260 valence electrons. The Morgan fingerprint density at radius 3 is 1.75 bits per heavy atom. The largest absolute Gasteiger partial charge is 0.507 e. The molecule has 51 heavy (non-hydrogen) atoms. The lowest BCUT2D eigenvalue weighted by atomic mass is 9.89. The van der Waals surface area contributed by atoms with Gasteiger partial charge in [-0.25, -0.2) is 0 Å². The van der Waals surface area contributed by atoms with Gasteiger partial charge in [-0.2, -0.15) is 0 Å². The molecule has 0 saturated carbocycles. The Kier molecular flexibility index (Phi) is 10.5. The predicted molar refractivity (Wildman–Crippen MR) is 191 cm³/mol. The number of aliphatic hydroxyl groups excluding tert-OH is 1. The number of benzene rings is 5. The molecule has 6 aromatic rings. The van der Waals surface area contributed by atoms with Crippen LogP contribution >= 0.6 is 0 Å². The van der Waals surface area contributed by atoms with Crippen molar-refractivity contribution in [2.24, 2.45) is 0 Å². The summed E-state index contributed by atoms with van der Waals surface area (Å²) < 4.78 is 32.1. The highest BCUT2D eigenvalue weighted by atomic mass is 16.6. The average Bonchev–Trinajstić information content (AvgIpc) is 3.16. The first-order chi connectivity index (χ1) is 25.0. The van der Waals surface area contributed by atoms with E-state index in [-0.39, 0.29) is 48.7 Å². The summed E-state index contributed by atoms with van der Waals surface area (Å²) in [5, 5.41) is 34.3. The molecule has 0 radical (unpaired) electrons. The highest BCUT2D eigenvalue weighted by molar-refractivity contribution is 5.89. The lowest BCUT2D eigenvalue weighted by molar-refractivity contribution is -0.263. The second kappa shape index (κ2) is 15.7. The van der Waals surface area contributed by atoms with Crippen LogP contribution < -0.4 is 5.43 Å². The topological polar surface area (TPSA) is 128 Å². The van der Waals surface area contributed by atoms with Gasteiger partial charge < -0.3 is 38.7 Å². The van der Waals surface area contributed by atoms with Gasteiger partial charge in [-0.1, -0.05) is 121 Å². The zero-order valence-electron chi connectivity index (χ0n) is 27.7. The molecular formula is C42H38O9. The van der Waals surface area contributed by atoms with Crippen LogP contribution in [0.1, 0.15) is 28.4 Å². The number of phenolic OH excluding ortho intramolecular Hbond substituents is 2. The van der Waals surface area contributed by atoms with Crippen molar-refractivity contribution >= 4 is 11.0 Å². The molecule has 1 aliphatic rings. The number of aromatic hydroxyl groups is 2. The zero-order chi connectivity index (χ0) is 35.2. The highest BCUT2D eigenvalue weighted by Crippen LogP contribution is 2.45. The van der Waals surface area contributed by atoms with Crippen molar-refractivity contribution in [3.63, 3.8) is 0 Å². The fourth-order valence-electron chi connectivity index (χ4n) is 6.43. The molecule has 1 aromatic heterocycles. The number of rotatable bonds is 12. The van der Waals surface area contributed by atoms with Crippen LogP contribution in [-0.4, -0.2) is 46.3 Å². The van der Waals surface area contributed by atoms with Crippen molar-refractivity contribution in [3.05, 3.63) is 166 Å². The van der Waals surface area contributed by atoms with Crippen LogP contribution in [0.2, 0.25) is 0 Å². The summed E-state index contributed by atoms with van der Waals surface area (Å²) in [6, 6.07) is 40.2. The van der Waals surface area contributed by atoms with Crippen molar-refractivity contribution in [1.82, 2.24) is 0 Å². The first kappa shape index (κ1) is 34.2. The maximum atomic E-state index is 13.5. The first-order valence-corrected chi connectivity index (χ1v) is 16.8. The minimum Gasteiger partial charge on any atom is -0.507 e. The molecule has 1 saturated heterocycles. The molecule has 0 bridgehead atoms. The Morgan fingerprint density at radius 2 is 1.16 bits per heavy atom. The fraction of sp³-hybridized carbons (Fsp3) is 0.214. The van der Waals surface area contributed by atoms with E-state index in [9.17, 15) is 20.1 Å². The molecule has 9 heteroatoms. The first-order valence-electron chi connectivity index (χ1n) is 16.8. The van der Waals surface area contributed by atoms with Gasteiger partial charge in [0.25, 0.3) is 0 Å². The number of phenols is 2. The summed E-state index contributed by atoms with van der Waals surface area (Å²) in [5.74, 6) is -0.672. The van der Waals surface area contributed by atoms with Gasteiger partial charge in [0.1, 0.15) is 53.2 Å². The van der Waals surface area contributed by atoms with E-state index >= 15 is 0 Å². The Labute approximate surface area is 294 Å². The Hall–Kier alpha value is -5.29. The summed E-state index contributed by atoms with van der Waals surface area (Å²) in [7, 11) is 0. The highest BCUT2D eigenvalue weighted by Gasteiger charge is 2.49. The number of hydrogen-bond donors (Lipinski definition) is 3. The molecule has 0 aliphatic carbocycles. The van der Waals surface area contributed by atoms with E-state index in [1.165, 1.54) is 6.07 Å². The SMILES string of the molecule is O=c1cc(-c2ccccc2)oc2c([C@@H]3O[C@H](COCc4ccccc4)[C@@H](OCc4ccccc4)[C@H](OCc4ccccc4)[C@H]3O)c(O)cc(O)c12. The van der Waals surface area contributed by atoms with Gasteiger partial charge in [0.05, 0.1) is 32.0 Å². The maximum Gasteiger partial charge on any atom is 0.197 e. The van der Waals surface area contributed by atoms with Gasteiger partial charge in [0.2, 0.25) is 0 Å². The summed E-state index contributed by atoms with van der Waals surface area (Å²) in [4.78, 5) is 13.5. The third-order valence-corrected chi connectivity index (χ3v) is 8.96. The van der Waals surface area contributed by atoms with Gasteiger partial charge in [-0.3, -0.25) is 4.79 Å².